The van der Waals surface area contributed by atoms with Gasteiger partial charge in [0.15, 0.2) is 0 Å². The molecule has 1 aromatic heterocycles. The van der Waals surface area contributed by atoms with Gasteiger partial charge in [0.1, 0.15) is 17.9 Å². The molecule has 2 amide bonds. The SMILES string of the molecule is CC(=O)Nc1cccc(OCCNC(=O)c2cn(C)c(=O)[nH]c2=O)c1. The highest BCUT2D eigenvalue weighted by Crippen LogP contribution is 2.16. The molecule has 0 aliphatic carbocycles. The van der Waals surface area contributed by atoms with Gasteiger partial charge in [0.05, 0.1) is 6.54 Å². The Morgan fingerprint density at radius 3 is 2.76 bits per heavy atom. The molecule has 0 spiro atoms. The molecule has 0 aliphatic heterocycles. The van der Waals surface area contributed by atoms with Crippen molar-refractivity contribution in [3.63, 3.8) is 0 Å². The van der Waals surface area contributed by atoms with Gasteiger partial charge in [0, 0.05) is 31.9 Å². The number of ether oxygens (including phenoxy) is 1. The second kappa shape index (κ2) is 7.95. The lowest BCUT2D eigenvalue weighted by atomic mass is 10.3. The number of benzene rings is 1. The highest BCUT2D eigenvalue weighted by molar-refractivity contribution is 5.93. The summed E-state index contributed by atoms with van der Waals surface area (Å²) in [6.07, 6.45) is 1.17. The van der Waals surface area contributed by atoms with E-state index in [9.17, 15) is 19.2 Å². The highest BCUT2D eigenvalue weighted by atomic mass is 16.5. The van der Waals surface area contributed by atoms with Crippen LogP contribution >= 0.6 is 0 Å². The summed E-state index contributed by atoms with van der Waals surface area (Å²) in [5.74, 6) is -0.264. The molecular formula is C16H18N4O5. The van der Waals surface area contributed by atoms with E-state index in [-0.39, 0.29) is 24.6 Å². The standard InChI is InChI=1S/C16H18N4O5/c1-10(21)18-11-4-3-5-12(8-11)25-7-6-17-14(22)13-9-20(2)16(24)19-15(13)23/h3-5,8-9H,6-7H2,1-2H3,(H,17,22)(H,18,21)(H,19,23,24). The van der Waals surface area contributed by atoms with Gasteiger partial charge in [-0.25, -0.2) is 4.79 Å². The maximum absolute atomic E-state index is 12.0. The van der Waals surface area contributed by atoms with E-state index in [2.05, 4.69) is 15.6 Å². The Balaban J connectivity index is 1.88. The van der Waals surface area contributed by atoms with Crippen molar-refractivity contribution < 1.29 is 14.3 Å². The van der Waals surface area contributed by atoms with Gasteiger partial charge in [-0.2, -0.15) is 0 Å². The van der Waals surface area contributed by atoms with Crippen LogP contribution in [0.2, 0.25) is 0 Å². The zero-order chi connectivity index (χ0) is 18.4. The Kier molecular flexibility index (Phi) is 5.72. The molecule has 0 saturated heterocycles. The predicted molar refractivity (Wildman–Crippen MR) is 90.9 cm³/mol. The molecule has 9 nitrogen and oxygen atoms in total. The zero-order valence-electron chi connectivity index (χ0n) is 13.8. The van der Waals surface area contributed by atoms with Gasteiger partial charge in [-0.3, -0.25) is 19.4 Å². The van der Waals surface area contributed by atoms with Crippen molar-refractivity contribution in [3.8, 4) is 5.75 Å². The van der Waals surface area contributed by atoms with Crippen LogP contribution in [0.25, 0.3) is 0 Å². The normalized spacial score (nSPS) is 10.2. The van der Waals surface area contributed by atoms with Gasteiger partial charge in [0.25, 0.3) is 11.5 Å². The van der Waals surface area contributed by atoms with Crippen LogP contribution < -0.4 is 26.6 Å². The van der Waals surface area contributed by atoms with Gasteiger partial charge in [-0.05, 0) is 12.1 Å². The van der Waals surface area contributed by atoms with E-state index < -0.39 is 17.2 Å². The van der Waals surface area contributed by atoms with Crippen LogP contribution in [0, 0.1) is 0 Å². The summed E-state index contributed by atoms with van der Waals surface area (Å²) in [7, 11) is 1.43. The van der Waals surface area contributed by atoms with Crippen molar-refractivity contribution in [1.29, 1.82) is 0 Å². The zero-order valence-corrected chi connectivity index (χ0v) is 13.8. The Morgan fingerprint density at radius 1 is 1.28 bits per heavy atom. The molecule has 0 fully saturated rings. The van der Waals surface area contributed by atoms with E-state index in [0.29, 0.717) is 11.4 Å². The van der Waals surface area contributed by atoms with E-state index in [4.69, 9.17) is 4.74 Å². The minimum Gasteiger partial charge on any atom is -0.492 e. The van der Waals surface area contributed by atoms with Gasteiger partial charge >= 0.3 is 5.69 Å². The molecule has 2 aromatic rings. The maximum Gasteiger partial charge on any atom is 0.328 e. The number of amides is 2. The van der Waals surface area contributed by atoms with Crippen molar-refractivity contribution in [2.45, 2.75) is 6.92 Å². The van der Waals surface area contributed by atoms with Gasteiger partial charge in [-0.15, -0.1) is 0 Å². The number of hydrogen-bond acceptors (Lipinski definition) is 5. The van der Waals surface area contributed by atoms with E-state index >= 15 is 0 Å². The van der Waals surface area contributed by atoms with E-state index in [1.54, 1.807) is 24.3 Å². The third-order valence-corrected chi connectivity index (χ3v) is 3.16. The molecule has 0 aliphatic rings. The van der Waals surface area contributed by atoms with E-state index in [1.165, 1.54) is 20.2 Å². The van der Waals surface area contributed by atoms with Crippen LogP contribution in [0.4, 0.5) is 5.69 Å². The first kappa shape index (κ1) is 18.0. The van der Waals surface area contributed by atoms with Crippen LogP contribution in [-0.4, -0.2) is 34.5 Å². The van der Waals surface area contributed by atoms with Crippen molar-refractivity contribution in [1.82, 2.24) is 14.9 Å². The number of aromatic amines is 1. The number of carbonyl (C=O) groups excluding carboxylic acids is 2. The van der Waals surface area contributed by atoms with Crippen LogP contribution in [0.1, 0.15) is 17.3 Å². The fraction of sp³-hybridized carbons (Fsp3) is 0.250. The van der Waals surface area contributed by atoms with E-state index in [1.807, 2.05) is 0 Å². The van der Waals surface area contributed by atoms with Gasteiger partial charge in [0.2, 0.25) is 5.91 Å². The van der Waals surface area contributed by atoms with Crippen molar-refractivity contribution in [2.24, 2.45) is 7.05 Å². The summed E-state index contributed by atoms with van der Waals surface area (Å²) >= 11 is 0. The second-order valence-corrected chi connectivity index (χ2v) is 5.23. The summed E-state index contributed by atoms with van der Waals surface area (Å²) in [6, 6.07) is 6.82. The molecule has 0 radical (unpaired) electrons. The molecule has 0 atom stereocenters. The molecule has 25 heavy (non-hydrogen) atoms. The molecule has 1 heterocycles. The minimum absolute atomic E-state index is 0.158. The lowest BCUT2D eigenvalue weighted by molar-refractivity contribution is -0.114. The quantitative estimate of drug-likeness (QED) is 0.628. The summed E-state index contributed by atoms with van der Waals surface area (Å²) in [5.41, 5.74) is -0.894. The number of carbonyl (C=O) groups is 2. The lowest BCUT2D eigenvalue weighted by Crippen LogP contribution is -2.37. The molecular weight excluding hydrogens is 328 g/mol. The Bertz CT molecular complexity index is 900. The number of H-pyrrole nitrogens is 1. The van der Waals surface area contributed by atoms with Crippen LogP contribution in [-0.2, 0) is 11.8 Å². The first-order chi connectivity index (χ1) is 11.9. The fourth-order valence-corrected chi connectivity index (χ4v) is 2.02. The molecule has 9 heteroatoms. The lowest BCUT2D eigenvalue weighted by Gasteiger charge is -2.09. The Hall–Kier alpha value is -3.36. The number of anilines is 1. The molecule has 0 bridgehead atoms. The molecule has 0 saturated carbocycles. The third kappa shape index (κ3) is 5.06. The molecule has 0 unspecified atom stereocenters. The number of nitrogens with zero attached hydrogens (tertiary/aromatic N) is 1. The summed E-state index contributed by atoms with van der Waals surface area (Å²) in [4.78, 5) is 47.9. The largest absolute Gasteiger partial charge is 0.492 e. The van der Waals surface area contributed by atoms with Crippen LogP contribution in [0.15, 0.2) is 40.1 Å². The van der Waals surface area contributed by atoms with Gasteiger partial charge in [-0.1, -0.05) is 6.07 Å². The predicted octanol–water partition coefficient (Wildman–Crippen LogP) is -0.159. The summed E-state index contributed by atoms with van der Waals surface area (Å²) in [6.45, 7) is 1.73. The first-order valence-electron chi connectivity index (χ1n) is 7.45. The topological polar surface area (TPSA) is 122 Å². The maximum atomic E-state index is 12.0. The van der Waals surface area contributed by atoms with Crippen molar-refractivity contribution in [2.75, 3.05) is 18.5 Å². The number of aryl methyl sites for hydroxylation is 1. The average molecular weight is 346 g/mol. The highest BCUT2D eigenvalue weighted by Gasteiger charge is 2.11. The van der Waals surface area contributed by atoms with Crippen molar-refractivity contribution >= 4 is 17.5 Å². The van der Waals surface area contributed by atoms with Gasteiger partial charge < -0.3 is 19.9 Å². The number of nitrogens with one attached hydrogen (secondary N) is 3. The average Bonchev–Trinajstić information content (AvgIpc) is 2.54. The number of aromatic nitrogens is 2. The van der Waals surface area contributed by atoms with E-state index in [0.717, 1.165) is 4.57 Å². The smallest absolute Gasteiger partial charge is 0.328 e. The molecule has 1 aromatic carbocycles. The summed E-state index contributed by atoms with van der Waals surface area (Å²) in [5, 5.41) is 5.17. The monoisotopic (exact) mass is 346 g/mol. The Morgan fingerprint density at radius 2 is 2.04 bits per heavy atom. The molecule has 132 valence electrons. The van der Waals surface area contributed by atoms with Crippen molar-refractivity contribution in [3.05, 3.63) is 56.9 Å². The molecule has 3 N–H and O–H groups in total. The third-order valence-electron chi connectivity index (χ3n) is 3.16. The molecule has 2 rings (SSSR count). The summed E-state index contributed by atoms with van der Waals surface area (Å²) < 4.78 is 6.59. The number of rotatable bonds is 6. The first-order valence-corrected chi connectivity index (χ1v) is 7.45. The minimum atomic E-state index is -0.746. The van der Waals surface area contributed by atoms with Crippen LogP contribution in [0.3, 0.4) is 0 Å². The number of hydrogen-bond donors (Lipinski definition) is 3. The Labute approximate surface area is 142 Å². The fourth-order valence-electron chi connectivity index (χ4n) is 2.02. The van der Waals surface area contributed by atoms with Crippen LogP contribution in [0.5, 0.6) is 5.75 Å². The second-order valence-electron chi connectivity index (χ2n) is 5.23.